The highest BCUT2D eigenvalue weighted by Gasteiger charge is 2.31. The number of nitrogens with two attached hydrogens (primary N) is 1. The van der Waals surface area contributed by atoms with Gasteiger partial charge in [-0.05, 0) is 18.9 Å². The monoisotopic (exact) mass is 384 g/mol. The average Bonchev–Trinajstić information content (AvgIpc) is 3.08. The summed E-state index contributed by atoms with van der Waals surface area (Å²) in [4.78, 5) is 30.8. The molecule has 27 heavy (non-hydrogen) atoms. The van der Waals surface area contributed by atoms with E-state index in [-0.39, 0.29) is 12.1 Å². The number of anilines is 1. The molecule has 0 radical (unpaired) electrons. The quantitative estimate of drug-likeness (QED) is 0.622. The van der Waals surface area contributed by atoms with Crippen LogP contribution in [0.1, 0.15) is 23.2 Å². The fourth-order valence-corrected chi connectivity index (χ4v) is 3.10. The van der Waals surface area contributed by atoms with Crippen LogP contribution in [0.2, 0.25) is 0 Å². The molecular formula is C16H19F3N6O2. The molecule has 3 rings (SSSR count). The molecule has 1 aliphatic rings. The number of hydrogen-bond acceptors (Lipinski definition) is 5. The van der Waals surface area contributed by atoms with E-state index < -0.39 is 30.5 Å². The normalized spacial score (nSPS) is 18.4. The number of alkyl halides is 3. The van der Waals surface area contributed by atoms with Crippen molar-refractivity contribution in [2.24, 2.45) is 11.7 Å². The first-order chi connectivity index (χ1) is 12.7. The number of H-pyrrole nitrogens is 1. The maximum atomic E-state index is 12.3. The second-order valence-corrected chi connectivity index (χ2v) is 6.38. The number of nitrogens with zero attached hydrogens (tertiary/aromatic N) is 2. The van der Waals surface area contributed by atoms with Gasteiger partial charge in [0.15, 0.2) is 0 Å². The van der Waals surface area contributed by atoms with Crippen molar-refractivity contribution < 1.29 is 22.8 Å². The van der Waals surface area contributed by atoms with Crippen LogP contribution in [-0.4, -0.2) is 52.6 Å². The lowest BCUT2D eigenvalue weighted by molar-refractivity contribution is -0.141. The van der Waals surface area contributed by atoms with Gasteiger partial charge in [0.05, 0.1) is 17.2 Å². The smallest absolute Gasteiger partial charge is 0.365 e. The van der Waals surface area contributed by atoms with Gasteiger partial charge in [-0.25, -0.2) is 9.99 Å². The van der Waals surface area contributed by atoms with E-state index in [9.17, 15) is 22.8 Å². The number of carbonyl (C=O) groups excluding carboxylic acids is 2. The van der Waals surface area contributed by atoms with E-state index in [1.165, 1.54) is 6.20 Å². The zero-order valence-electron chi connectivity index (χ0n) is 14.3. The lowest BCUT2D eigenvalue weighted by atomic mass is 9.98. The fraction of sp³-hybridized carbons (Fsp3) is 0.438. The highest BCUT2D eigenvalue weighted by atomic mass is 19.4. The van der Waals surface area contributed by atoms with Crippen LogP contribution < -0.4 is 16.5 Å². The summed E-state index contributed by atoms with van der Waals surface area (Å²) in [6, 6.07) is 1.73. The van der Waals surface area contributed by atoms with Crippen molar-refractivity contribution in [1.29, 1.82) is 0 Å². The van der Waals surface area contributed by atoms with Crippen LogP contribution in [0.4, 0.5) is 18.9 Å². The van der Waals surface area contributed by atoms with Crippen molar-refractivity contribution in [2.45, 2.75) is 19.0 Å². The minimum absolute atomic E-state index is 0.186. The summed E-state index contributed by atoms with van der Waals surface area (Å²) in [7, 11) is 0. The van der Waals surface area contributed by atoms with Crippen LogP contribution in [0.5, 0.6) is 0 Å². The first kappa shape index (κ1) is 19.0. The molecule has 0 aromatic carbocycles. The summed E-state index contributed by atoms with van der Waals surface area (Å²) in [5.74, 6) is -1.89. The highest BCUT2D eigenvalue weighted by molar-refractivity contribution is 6.05. The number of halogens is 3. The number of aromatic amines is 1. The predicted octanol–water partition coefficient (Wildman–Crippen LogP) is 1.38. The number of piperidine rings is 1. The van der Waals surface area contributed by atoms with Crippen LogP contribution in [0, 0.1) is 5.92 Å². The van der Waals surface area contributed by atoms with Crippen molar-refractivity contribution in [3.05, 3.63) is 24.0 Å². The molecule has 5 N–H and O–H groups in total. The summed E-state index contributed by atoms with van der Waals surface area (Å²) < 4.78 is 36.9. The van der Waals surface area contributed by atoms with E-state index in [1.54, 1.807) is 17.3 Å². The van der Waals surface area contributed by atoms with E-state index in [1.807, 2.05) is 5.32 Å². The highest BCUT2D eigenvalue weighted by Crippen LogP contribution is 2.27. The van der Waals surface area contributed by atoms with Gasteiger partial charge in [0.1, 0.15) is 12.2 Å². The van der Waals surface area contributed by atoms with Gasteiger partial charge < -0.3 is 21.5 Å². The second-order valence-electron chi connectivity index (χ2n) is 6.38. The van der Waals surface area contributed by atoms with Crippen molar-refractivity contribution in [2.75, 3.05) is 25.1 Å². The Balaban J connectivity index is 1.73. The molecule has 0 aliphatic carbocycles. The molecule has 1 fully saturated rings. The summed E-state index contributed by atoms with van der Waals surface area (Å²) in [6.45, 7) is -0.582. The Morgan fingerprint density at radius 1 is 1.41 bits per heavy atom. The van der Waals surface area contributed by atoms with Gasteiger partial charge in [-0.2, -0.15) is 13.2 Å². The summed E-state index contributed by atoms with van der Waals surface area (Å²) >= 11 is 0. The Morgan fingerprint density at radius 2 is 2.19 bits per heavy atom. The number of carbonyl (C=O) groups is 2. The van der Waals surface area contributed by atoms with Gasteiger partial charge in [0, 0.05) is 30.9 Å². The van der Waals surface area contributed by atoms with Crippen molar-refractivity contribution in [1.82, 2.24) is 20.3 Å². The Hall–Kier alpha value is -2.82. The predicted molar refractivity (Wildman–Crippen MR) is 91.6 cm³/mol. The molecule has 0 spiro atoms. The summed E-state index contributed by atoms with van der Waals surface area (Å²) in [6.07, 6.45) is -0.335. The van der Waals surface area contributed by atoms with E-state index in [0.29, 0.717) is 36.1 Å². The van der Waals surface area contributed by atoms with Crippen LogP contribution in [0.3, 0.4) is 0 Å². The van der Waals surface area contributed by atoms with Gasteiger partial charge in [0.25, 0.3) is 5.91 Å². The van der Waals surface area contributed by atoms with Crippen LogP contribution in [0.25, 0.3) is 11.0 Å². The number of primary amides is 1. The molecular weight excluding hydrogens is 365 g/mol. The van der Waals surface area contributed by atoms with Gasteiger partial charge in [0.2, 0.25) is 5.91 Å². The van der Waals surface area contributed by atoms with Crippen molar-refractivity contribution >= 4 is 28.5 Å². The van der Waals surface area contributed by atoms with E-state index in [4.69, 9.17) is 5.73 Å². The van der Waals surface area contributed by atoms with Gasteiger partial charge >= 0.3 is 6.18 Å². The number of amides is 2. The minimum atomic E-state index is -4.45. The molecule has 2 aromatic heterocycles. The molecule has 3 heterocycles. The topological polar surface area (TPSA) is 116 Å². The Labute approximate surface area is 152 Å². The number of nitrogens with one attached hydrogen (secondary N) is 3. The number of hydrogen-bond donors (Lipinski definition) is 4. The minimum Gasteiger partial charge on any atom is -0.365 e. The maximum Gasteiger partial charge on any atom is 0.405 e. The van der Waals surface area contributed by atoms with E-state index in [2.05, 4.69) is 15.4 Å². The molecule has 11 heteroatoms. The average molecular weight is 384 g/mol. The molecule has 2 amide bonds. The Morgan fingerprint density at radius 3 is 2.89 bits per heavy atom. The molecule has 0 saturated carbocycles. The maximum absolute atomic E-state index is 12.3. The third kappa shape index (κ3) is 4.48. The van der Waals surface area contributed by atoms with E-state index in [0.717, 1.165) is 0 Å². The first-order valence-corrected chi connectivity index (χ1v) is 8.36. The first-order valence-electron chi connectivity index (χ1n) is 8.36. The number of hydrazine groups is 1. The summed E-state index contributed by atoms with van der Waals surface area (Å²) in [5.41, 5.74) is 9.69. The molecule has 8 nitrogen and oxygen atoms in total. The van der Waals surface area contributed by atoms with Crippen LogP contribution in [-0.2, 0) is 4.79 Å². The number of pyridine rings is 1. The second kappa shape index (κ2) is 7.43. The SMILES string of the molecule is NC(=O)c1cnc2[nH]ccc2c1NN1CCC[C@@H](C(=O)NCC(F)(F)F)C1. The van der Waals surface area contributed by atoms with Gasteiger partial charge in [-0.1, -0.05) is 0 Å². The lowest BCUT2D eigenvalue weighted by Crippen LogP contribution is -2.47. The largest absolute Gasteiger partial charge is 0.405 e. The number of aromatic nitrogens is 2. The standard InChI is InChI=1S/C16H19F3N6O2/c17-16(18,19)8-23-15(27)9-2-1-5-25(7-9)24-12-10-3-4-21-14(10)22-6-11(12)13(20)26/h3-4,6,9H,1-2,5,7-8H2,(H2,20,26)(H,23,27)(H2,21,22,24)/t9-/m1/s1. The Bertz CT molecular complexity index is 850. The zero-order chi connectivity index (χ0) is 19.6. The Kier molecular flexibility index (Phi) is 5.22. The lowest BCUT2D eigenvalue weighted by Gasteiger charge is -2.33. The number of rotatable bonds is 5. The van der Waals surface area contributed by atoms with Gasteiger partial charge in [-0.15, -0.1) is 0 Å². The molecule has 0 bridgehead atoms. The van der Waals surface area contributed by atoms with Gasteiger partial charge in [-0.3, -0.25) is 9.59 Å². The molecule has 1 atom stereocenters. The molecule has 1 saturated heterocycles. The van der Waals surface area contributed by atoms with Crippen LogP contribution in [0.15, 0.2) is 18.5 Å². The molecule has 0 unspecified atom stereocenters. The third-order valence-corrected chi connectivity index (χ3v) is 4.38. The van der Waals surface area contributed by atoms with Crippen molar-refractivity contribution in [3.63, 3.8) is 0 Å². The van der Waals surface area contributed by atoms with Crippen LogP contribution >= 0.6 is 0 Å². The van der Waals surface area contributed by atoms with Crippen molar-refractivity contribution in [3.8, 4) is 0 Å². The molecule has 1 aliphatic heterocycles. The number of fused-ring (bicyclic) bond motifs is 1. The van der Waals surface area contributed by atoms with E-state index >= 15 is 0 Å². The zero-order valence-corrected chi connectivity index (χ0v) is 14.3. The fourth-order valence-electron chi connectivity index (χ4n) is 3.10. The molecule has 2 aromatic rings. The molecule has 146 valence electrons. The summed E-state index contributed by atoms with van der Waals surface area (Å²) in [5, 5.41) is 4.28. The third-order valence-electron chi connectivity index (χ3n) is 4.38.